The van der Waals surface area contributed by atoms with Gasteiger partial charge in [-0.25, -0.2) is 4.79 Å². The number of methoxy groups -OCH3 is 1. The van der Waals surface area contributed by atoms with E-state index in [4.69, 9.17) is 14.4 Å². The molecule has 0 saturated carbocycles. The molecule has 0 amide bonds. The highest BCUT2D eigenvalue weighted by Crippen LogP contribution is 2.24. The third-order valence-corrected chi connectivity index (χ3v) is 4.09. The molecule has 0 bridgehead atoms. The van der Waals surface area contributed by atoms with Gasteiger partial charge in [0.2, 0.25) is 0 Å². The van der Waals surface area contributed by atoms with E-state index in [1.54, 1.807) is 43.3 Å². The molecule has 0 aliphatic heterocycles. The Morgan fingerprint density at radius 2 is 1.70 bits per heavy atom. The third kappa shape index (κ3) is 6.33. The number of alkyl halides is 3. The second kappa shape index (κ2) is 10.4. The summed E-state index contributed by atoms with van der Waals surface area (Å²) < 4.78 is 43.6. The summed E-state index contributed by atoms with van der Waals surface area (Å²) in [6, 6.07) is 13.0. The Morgan fingerprint density at radius 1 is 1.00 bits per heavy atom. The molecule has 0 N–H and O–H groups in total. The van der Waals surface area contributed by atoms with Gasteiger partial charge in [-0.2, -0.15) is 13.2 Å². The predicted molar refractivity (Wildman–Crippen MR) is 105 cm³/mol. The van der Waals surface area contributed by atoms with Gasteiger partial charge in [0.1, 0.15) is 13.7 Å². The fourth-order valence-corrected chi connectivity index (χ4v) is 2.68. The van der Waals surface area contributed by atoms with Gasteiger partial charge < -0.3 is 14.4 Å². The first-order valence-corrected chi connectivity index (χ1v) is 8.86. The van der Waals surface area contributed by atoms with Gasteiger partial charge in [0, 0.05) is 11.1 Å². The summed E-state index contributed by atoms with van der Waals surface area (Å²) in [5, 5.41) is 7.44. The number of hydrogen-bond donors (Lipinski definition) is 0. The minimum Gasteiger partial charge on any atom is -0.464 e. The lowest BCUT2D eigenvalue weighted by Gasteiger charge is -2.13. The largest absolute Gasteiger partial charge is 0.464 e. The standard InChI is InChI=1S/C21H21F3N2O4/c1-14-8-7-11-16(19(26-29-3)20(27)28-2)17(14)13-30-25-18(12-21(22,23)24)15-9-5-4-6-10-15/h4-11H,12-13H2,1-3H3/b25-18+,26-19+. The Kier molecular flexibility index (Phi) is 7.97. The van der Waals surface area contributed by atoms with Crippen molar-refractivity contribution in [3.8, 4) is 0 Å². The van der Waals surface area contributed by atoms with E-state index in [0.717, 1.165) is 5.56 Å². The second-order valence-corrected chi connectivity index (χ2v) is 6.18. The summed E-state index contributed by atoms with van der Waals surface area (Å²) in [7, 11) is 2.48. The number of carbonyl (C=O) groups excluding carboxylic acids is 1. The van der Waals surface area contributed by atoms with Crippen molar-refractivity contribution in [2.75, 3.05) is 14.2 Å². The first-order valence-electron chi connectivity index (χ1n) is 8.86. The van der Waals surface area contributed by atoms with Crippen LogP contribution in [0.3, 0.4) is 0 Å². The van der Waals surface area contributed by atoms with Gasteiger partial charge in [0.25, 0.3) is 0 Å². The molecule has 2 aromatic carbocycles. The quantitative estimate of drug-likeness (QED) is 0.359. The summed E-state index contributed by atoms with van der Waals surface area (Å²) in [4.78, 5) is 22.1. The van der Waals surface area contributed by atoms with Crippen LogP contribution < -0.4 is 0 Å². The molecule has 2 aromatic rings. The molecular formula is C21H21F3N2O4. The van der Waals surface area contributed by atoms with E-state index >= 15 is 0 Å². The Bertz CT molecular complexity index is 926. The summed E-state index contributed by atoms with van der Waals surface area (Å²) in [5.74, 6) is -0.728. The first kappa shape index (κ1) is 22.9. The summed E-state index contributed by atoms with van der Waals surface area (Å²) >= 11 is 0. The van der Waals surface area contributed by atoms with Crippen LogP contribution in [-0.2, 0) is 25.8 Å². The average Bonchev–Trinajstić information content (AvgIpc) is 2.71. The average molecular weight is 422 g/mol. The molecule has 0 aliphatic carbocycles. The van der Waals surface area contributed by atoms with Crippen molar-refractivity contribution in [1.82, 2.24) is 0 Å². The third-order valence-electron chi connectivity index (χ3n) is 4.09. The first-order chi connectivity index (χ1) is 14.3. The number of nitrogens with zero attached hydrogens (tertiary/aromatic N) is 2. The summed E-state index contributed by atoms with van der Waals surface area (Å²) in [6.07, 6.45) is -5.69. The predicted octanol–water partition coefficient (Wildman–Crippen LogP) is 4.39. The summed E-state index contributed by atoms with van der Waals surface area (Å²) in [5.41, 5.74) is 1.57. The smallest absolute Gasteiger partial charge is 0.394 e. The Balaban J connectivity index is 2.35. The molecular weight excluding hydrogens is 401 g/mol. The number of oxime groups is 2. The van der Waals surface area contributed by atoms with Crippen molar-refractivity contribution in [3.05, 3.63) is 70.8 Å². The van der Waals surface area contributed by atoms with Gasteiger partial charge in [-0.3, -0.25) is 0 Å². The van der Waals surface area contributed by atoms with Crippen LogP contribution in [0.4, 0.5) is 13.2 Å². The van der Waals surface area contributed by atoms with Gasteiger partial charge in [-0.1, -0.05) is 58.8 Å². The molecule has 0 aromatic heterocycles. The molecule has 0 spiro atoms. The number of hydrogen-bond acceptors (Lipinski definition) is 6. The number of benzene rings is 2. The van der Waals surface area contributed by atoms with E-state index in [0.29, 0.717) is 16.7 Å². The van der Waals surface area contributed by atoms with E-state index in [1.165, 1.54) is 26.4 Å². The van der Waals surface area contributed by atoms with Crippen molar-refractivity contribution >= 4 is 17.4 Å². The van der Waals surface area contributed by atoms with Gasteiger partial charge in [0.15, 0.2) is 5.71 Å². The highest BCUT2D eigenvalue weighted by Gasteiger charge is 2.31. The molecule has 0 radical (unpaired) electrons. The fourth-order valence-electron chi connectivity index (χ4n) is 2.68. The molecule has 0 fully saturated rings. The molecule has 0 aliphatic rings. The molecule has 160 valence electrons. The lowest BCUT2D eigenvalue weighted by molar-refractivity contribution is -0.132. The van der Waals surface area contributed by atoms with E-state index < -0.39 is 18.6 Å². The van der Waals surface area contributed by atoms with E-state index in [9.17, 15) is 18.0 Å². The van der Waals surface area contributed by atoms with Crippen LogP contribution in [0.5, 0.6) is 0 Å². The maximum absolute atomic E-state index is 13.0. The van der Waals surface area contributed by atoms with Gasteiger partial charge in [0.05, 0.1) is 19.2 Å². The van der Waals surface area contributed by atoms with Crippen LogP contribution in [0.15, 0.2) is 58.8 Å². The molecule has 6 nitrogen and oxygen atoms in total. The topological polar surface area (TPSA) is 69.5 Å². The zero-order chi connectivity index (χ0) is 22.1. The molecule has 30 heavy (non-hydrogen) atoms. The molecule has 2 rings (SSSR count). The van der Waals surface area contributed by atoms with Gasteiger partial charge in [-0.15, -0.1) is 0 Å². The number of halogens is 3. The van der Waals surface area contributed by atoms with E-state index in [-0.39, 0.29) is 18.0 Å². The number of rotatable bonds is 8. The minimum absolute atomic E-state index is 0.0927. The van der Waals surface area contributed by atoms with Crippen molar-refractivity contribution < 1.29 is 32.4 Å². The van der Waals surface area contributed by atoms with Crippen molar-refractivity contribution in [2.45, 2.75) is 26.1 Å². The fraction of sp³-hybridized carbons (Fsp3) is 0.286. The van der Waals surface area contributed by atoms with Gasteiger partial charge >= 0.3 is 12.1 Å². The SMILES string of the molecule is CO/N=C(/C(=O)OC)c1cccc(C)c1CO/N=C(\CC(F)(F)F)c1ccccc1. The number of aryl methyl sites for hydroxylation is 1. The van der Waals surface area contributed by atoms with Crippen LogP contribution >= 0.6 is 0 Å². The molecule has 0 saturated heterocycles. The lowest BCUT2D eigenvalue weighted by Crippen LogP contribution is -2.20. The Morgan fingerprint density at radius 3 is 2.30 bits per heavy atom. The highest BCUT2D eigenvalue weighted by molar-refractivity contribution is 6.43. The monoisotopic (exact) mass is 422 g/mol. The minimum atomic E-state index is -4.45. The zero-order valence-corrected chi connectivity index (χ0v) is 16.7. The van der Waals surface area contributed by atoms with Crippen molar-refractivity contribution in [1.29, 1.82) is 0 Å². The van der Waals surface area contributed by atoms with Crippen LogP contribution in [0.2, 0.25) is 0 Å². The van der Waals surface area contributed by atoms with Crippen LogP contribution in [-0.4, -0.2) is 37.8 Å². The van der Waals surface area contributed by atoms with Crippen molar-refractivity contribution in [3.63, 3.8) is 0 Å². The maximum Gasteiger partial charge on any atom is 0.394 e. The number of ether oxygens (including phenoxy) is 1. The Labute approximate surface area is 171 Å². The highest BCUT2D eigenvalue weighted by atomic mass is 19.4. The van der Waals surface area contributed by atoms with E-state index in [1.807, 2.05) is 0 Å². The zero-order valence-electron chi connectivity index (χ0n) is 16.7. The maximum atomic E-state index is 13.0. The molecule has 0 unspecified atom stereocenters. The van der Waals surface area contributed by atoms with Gasteiger partial charge in [-0.05, 0) is 18.1 Å². The summed E-state index contributed by atoms with van der Waals surface area (Å²) in [6.45, 7) is 1.58. The normalized spacial score (nSPS) is 12.5. The van der Waals surface area contributed by atoms with Crippen LogP contribution in [0, 0.1) is 6.92 Å². The number of carbonyl (C=O) groups is 1. The Hall–Kier alpha value is -3.36. The second-order valence-electron chi connectivity index (χ2n) is 6.18. The molecule has 0 heterocycles. The van der Waals surface area contributed by atoms with Crippen LogP contribution in [0.1, 0.15) is 28.7 Å². The van der Waals surface area contributed by atoms with Crippen LogP contribution in [0.25, 0.3) is 0 Å². The number of esters is 1. The lowest BCUT2D eigenvalue weighted by atomic mass is 9.99. The van der Waals surface area contributed by atoms with E-state index in [2.05, 4.69) is 10.3 Å². The molecule has 0 atom stereocenters. The van der Waals surface area contributed by atoms with Crippen molar-refractivity contribution in [2.24, 2.45) is 10.3 Å². The molecule has 9 heteroatoms.